The van der Waals surface area contributed by atoms with E-state index < -0.39 is 8.60 Å². The van der Waals surface area contributed by atoms with Crippen LogP contribution in [0.5, 0.6) is 11.5 Å². The summed E-state index contributed by atoms with van der Waals surface area (Å²) >= 11 is 0. The monoisotopic (exact) mass is 404 g/mol. The summed E-state index contributed by atoms with van der Waals surface area (Å²) in [7, 11) is -0.546. The van der Waals surface area contributed by atoms with Gasteiger partial charge in [-0.3, -0.25) is 0 Å². The number of hydrogen-bond acceptors (Lipinski definition) is 5. The van der Waals surface area contributed by atoms with Crippen molar-refractivity contribution >= 4 is 8.60 Å². The average Bonchev–Trinajstić information content (AvgIpc) is 3.17. The molecular formula is C22H29O5P. The van der Waals surface area contributed by atoms with Gasteiger partial charge in [0.05, 0.1) is 20.3 Å². The summed E-state index contributed by atoms with van der Waals surface area (Å²) in [5.74, 6) is 2.70. The van der Waals surface area contributed by atoms with Crippen LogP contribution in [-0.4, -0.2) is 30.1 Å². The van der Waals surface area contributed by atoms with Gasteiger partial charge in [0, 0.05) is 6.42 Å². The Balaban J connectivity index is 1.46. The second-order valence-electron chi connectivity index (χ2n) is 7.40. The van der Waals surface area contributed by atoms with Crippen LogP contribution < -0.4 is 9.47 Å². The van der Waals surface area contributed by atoms with E-state index in [0.717, 1.165) is 42.7 Å². The minimum Gasteiger partial charge on any atom is -0.496 e. The highest BCUT2D eigenvalue weighted by Crippen LogP contribution is 2.40. The van der Waals surface area contributed by atoms with E-state index in [1.807, 2.05) is 19.1 Å². The molecule has 6 heteroatoms. The molecule has 2 aromatic carbocycles. The molecule has 152 valence electrons. The summed E-state index contributed by atoms with van der Waals surface area (Å²) < 4.78 is 16.3. The molecule has 0 aromatic heterocycles. The first-order valence-electron chi connectivity index (χ1n) is 9.72. The van der Waals surface area contributed by atoms with Gasteiger partial charge in [0.1, 0.15) is 11.5 Å². The van der Waals surface area contributed by atoms with E-state index in [1.54, 1.807) is 7.11 Å². The lowest BCUT2D eigenvalue weighted by molar-refractivity contribution is 0.212. The Hall–Kier alpha value is -1.65. The highest BCUT2D eigenvalue weighted by Gasteiger charge is 2.26. The molecular weight excluding hydrogens is 375 g/mol. The number of aryl methyl sites for hydroxylation is 1. The predicted octanol–water partition coefficient (Wildman–Crippen LogP) is 4.74. The minimum atomic E-state index is -2.24. The molecule has 2 aromatic rings. The summed E-state index contributed by atoms with van der Waals surface area (Å²) in [6.07, 6.45) is 4.03. The fourth-order valence-electron chi connectivity index (χ4n) is 3.84. The zero-order valence-electron chi connectivity index (χ0n) is 16.5. The summed E-state index contributed by atoms with van der Waals surface area (Å²) in [5, 5.41) is 0. The van der Waals surface area contributed by atoms with E-state index in [9.17, 15) is 0 Å². The minimum absolute atomic E-state index is 0.400. The Labute approximate surface area is 168 Å². The molecule has 0 heterocycles. The Bertz CT molecular complexity index is 747. The molecule has 2 unspecified atom stereocenters. The molecule has 0 amide bonds. The van der Waals surface area contributed by atoms with Crippen LogP contribution in [0.3, 0.4) is 0 Å². The number of hydrogen-bond donors (Lipinski definition) is 2. The van der Waals surface area contributed by atoms with Crippen molar-refractivity contribution in [2.24, 2.45) is 5.92 Å². The maximum Gasteiger partial charge on any atom is 0.327 e. The zero-order valence-corrected chi connectivity index (χ0v) is 17.4. The highest BCUT2D eigenvalue weighted by atomic mass is 31.2. The Morgan fingerprint density at radius 2 is 1.86 bits per heavy atom. The lowest BCUT2D eigenvalue weighted by Crippen LogP contribution is -2.04. The van der Waals surface area contributed by atoms with Gasteiger partial charge < -0.3 is 23.8 Å². The van der Waals surface area contributed by atoms with Crippen LogP contribution in [0.15, 0.2) is 42.5 Å². The van der Waals surface area contributed by atoms with Gasteiger partial charge in [0.15, 0.2) is 0 Å². The van der Waals surface area contributed by atoms with Crippen molar-refractivity contribution in [2.75, 3.05) is 20.3 Å². The molecule has 1 fully saturated rings. The van der Waals surface area contributed by atoms with Crippen molar-refractivity contribution in [3.05, 3.63) is 59.2 Å². The SMILES string of the molecule is COc1cc(CCOc2ccc(C3CCC(COP(O)O)C3)cc2)ccc1C. The standard InChI is InChI=1S/C22H29O5P/c1-16-3-4-17(14-22(16)25-2)11-12-26-21-9-7-19(8-10-21)20-6-5-18(13-20)15-27-28(23)24/h3-4,7-10,14,18,20,23-24H,5-6,11-13,15H2,1-2H3. The van der Waals surface area contributed by atoms with E-state index in [0.29, 0.717) is 25.0 Å². The van der Waals surface area contributed by atoms with Gasteiger partial charge >= 0.3 is 8.60 Å². The molecule has 3 rings (SSSR count). The van der Waals surface area contributed by atoms with E-state index in [1.165, 1.54) is 11.1 Å². The molecule has 28 heavy (non-hydrogen) atoms. The molecule has 1 aliphatic rings. The summed E-state index contributed by atoms with van der Waals surface area (Å²) in [6, 6.07) is 14.6. The van der Waals surface area contributed by atoms with E-state index in [-0.39, 0.29) is 0 Å². The first-order chi connectivity index (χ1) is 13.5. The van der Waals surface area contributed by atoms with Crippen molar-refractivity contribution in [1.29, 1.82) is 0 Å². The van der Waals surface area contributed by atoms with Crippen LogP contribution in [0.4, 0.5) is 0 Å². The largest absolute Gasteiger partial charge is 0.496 e. The quantitative estimate of drug-likeness (QED) is 0.591. The van der Waals surface area contributed by atoms with Gasteiger partial charge in [-0.2, -0.15) is 0 Å². The number of benzene rings is 2. The van der Waals surface area contributed by atoms with Crippen LogP contribution in [0.1, 0.15) is 41.9 Å². The van der Waals surface area contributed by atoms with Crippen molar-refractivity contribution in [3.8, 4) is 11.5 Å². The third-order valence-corrected chi connectivity index (χ3v) is 5.83. The van der Waals surface area contributed by atoms with Gasteiger partial charge in [-0.25, -0.2) is 0 Å². The molecule has 1 aliphatic carbocycles. The van der Waals surface area contributed by atoms with Gasteiger partial charge in [-0.05, 0) is 72.9 Å². The predicted molar refractivity (Wildman–Crippen MR) is 111 cm³/mol. The molecule has 0 aliphatic heterocycles. The summed E-state index contributed by atoms with van der Waals surface area (Å²) in [6.45, 7) is 3.09. The average molecular weight is 404 g/mol. The second kappa shape index (κ2) is 10.2. The van der Waals surface area contributed by atoms with E-state index in [4.69, 9.17) is 23.8 Å². The van der Waals surface area contributed by atoms with Crippen LogP contribution in [-0.2, 0) is 10.9 Å². The lowest BCUT2D eigenvalue weighted by atomic mass is 9.96. The maximum absolute atomic E-state index is 8.89. The first kappa shape index (κ1) is 21.1. The zero-order chi connectivity index (χ0) is 19.9. The molecule has 0 spiro atoms. The van der Waals surface area contributed by atoms with E-state index >= 15 is 0 Å². The van der Waals surface area contributed by atoms with Gasteiger partial charge in [-0.1, -0.05) is 24.3 Å². The van der Waals surface area contributed by atoms with Crippen molar-refractivity contribution in [2.45, 2.75) is 38.5 Å². The third-order valence-electron chi connectivity index (χ3n) is 5.45. The maximum atomic E-state index is 8.89. The van der Waals surface area contributed by atoms with Crippen LogP contribution >= 0.6 is 8.60 Å². The van der Waals surface area contributed by atoms with E-state index in [2.05, 4.69) is 30.3 Å². The van der Waals surface area contributed by atoms with Gasteiger partial charge in [-0.15, -0.1) is 0 Å². The molecule has 5 nitrogen and oxygen atoms in total. The fraction of sp³-hybridized carbons (Fsp3) is 0.455. The second-order valence-corrected chi connectivity index (χ2v) is 8.16. The number of rotatable bonds is 9. The van der Waals surface area contributed by atoms with Crippen molar-refractivity contribution < 1.29 is 23.8 Å². The number of methoxy groups -OCH3 is 1. The molecule has 1 saturated carbocycles. The van der Waals surface area contributed by atoms with Crippen molar-refractivity contribution in [1.82, 2.24) is 0 Å². The lowest BCUT2D eigenvalue weighted by Gasteiger charge is -2.13. The Morgan fingerprint density at radius 3 is 2.57 bits per heavy atom. The smallest absolute Gasteiger partial charge is 0.327 e. The van der Waals surface area contributed by atoms with Crippen molar-refractivity contribution in [3.63, 3.8) is 0 Å². The van der Waals surface area contributed by atoms with Crippen LogP contribution in [0, 0.1) is 12.8 Å². The Kier molecular flexibility index (Phi) is 7.69. The van der Waals surface area contributed by atoms with Crippen LogP contribution in [0.2, 0.25) is 0 Å². The van der Waals surface area contributed by atoms with Crippen LogP contribution in [0.25, 0.3) is 0 Å². The molecule has 0 bridgehead atoms. The third kappa shape index (κ3) is 5.92. The number of ether oxygens (including phenoxy) is 2. The molecule has 0 saturated heterocycles. The van der Waals surface area contributed by atoms with Gasteiger partial charge in [0.2, 0.25) is 0 Å². The highest BCUT2D eigenvalue weighted by molar-refractivity contribution is 7.39. The molecule has 0 radical (unpaired) electrons. The normalized spacial score (nSPS) is 19.2. The summed E-state index contributed by atoms with van der Waals surface area (Å²) in [4.78, 5) is 17.8. The molecule has 2 N–H and O–H groups in total. The fourth-order valence-corrected chi connectivity index (χ4v) is 4.19. The topological polar surface area (TPSA) is 68.2 Å². The summed E-state index contributed by atoms with van der Waals surface area (Å²) in [5.41, 5.74) is 3.65. The molecule has 2 atom stereocenters. The Morgan fingerprint density at radius 1 is 1.07 bits per heavy atom. The van der Waals surface area contributed by atoms with Gasteiger partial charge in [0.25, 0.3) is 0 Å². The first-order valence-corrected chi connectivity index (χ1v) is 10.9.